The first-order chi connectivity index (χ1) is 15.3. The first kappa shape index (κ1) is 22.3. The van der Waals surface area contributed by atoms with Crippen molar-refractivity contribution in [2.24, 2.45) is 0 Å². The fourth-order valence-corrected chi connectivity index (χ4v) is 3.92. The maximum atomic E-state index is 12.8. The molecule has 0 aromatic heterocycles. The summed E-state index contributed by atoms with van der Waals surface area (Å²) in [6.45, 7) is 11.0. The Kier molecular flexibility index (Phi) is 6.48. The zero-order valence-electron chi connectivity index (χ0n) is 19.0. The van der Waals surface area contributed by atoms with Gasteiger partial charge in [0, 0.05) is 37.4 Å². The second-order valence-corrected chi connectivity index (χ2v) is 9.25. The molecule has 0 atom stereocenters. The van der Waals surface area contributed by atoms with Gasteiger partial charge in [-0.2, -0.15) is 0 Å². The average molecular weight is 438 g/mol. The molecule has 1 saturated heterocycles. The summed E-state index contributed by atoms with van der Waals surface area (Å²) in [5, 5.41) is 2.95. The number of nitrogens with zero attached hydrogens (tertiary/aromatic N) is 2. The summed E-state index contributed by atoms with van der Waals surface area (Å²) >= 11 is 0. The number of fused-ring (bicyclic) bond motifs is 1. The Morgan fingerprint density at radius 3 is 2.44 bits per heavy atom. The van der Waals surface area contributed by atoms with Gasteiger partial charge in [0.2, 0.25) is 0 Å². The standard InChI is InChI=1S/C25H31N3O4/c1-25(2,3)19-6-4-18(5-7-19)24(30)26-20-8-9-22-21(16-20)28(23(29)17-32-22)11-10-27-12-14-31-15-13-27/h4-9,16H,10-15,17H2,1-3H3,(H,26,30). The molecule has 0 bridgehead atoms. The van der Waals surface area contributed by atoms with E-state index in [9.17, 15) is 9.59 Å². The molecule has 2 aromatic rings. The van der Waals surface area contributed by atoms with Crippen LogP contribution < -0.4 is 15.0 Å². The van der Waals surface area contributed by atoms with Gasteiger partial charge >= 0.3 is 0 Å². The van der Waals surface area contributed by atoms with E-state index >= 15 is 0 Å². The molecular formula is C25H31N3O4. The molecule has 0 unspecified atom stereocenters. The van der Waals surface area contributed by atoms with E-state index in [1.165, 1.54) is 5.56 Å². The summed E-state index contributed by atoms with van der Waals surface area (Å²) in [5.41, 5.74) is 3.12. The molecule has 170 valence electrons. The number of rotatable bonds is 5. The van der Waals surface area contributed by atoms with Gasteiger partial charge in [0.1, 0.15) is 5.75 Å². The maximum Gasteiger partial charge on any atom is 0.265 e. The number of morpholine rings is 1. The highest BCUT2D eigenvalue weighted by molar-refractivity contribution is 6.05. The molecule has 7 nitrogen and oxygen atoms in total. The number of anilines is 2. The number of nitrogens with one attached hydrogen (secondary N) is 1. The van der Waals surface area contributed by atoms with Crippen LogP contribution in [0.15, 0.2) is 42.5 Å². The third-order valence-corrected chi connectivity index (χ3v) is 5.92. The van der Waals surface area contributed by atoms with Gasteiger partial charge in [-0.1, -0.05) is 32.9 Å². The lowest BCUT2D eigenvalue weighted by molar-refractivity contribution is -0.121. The Labute approximate surface area is 189 Å². The van der Waals surface area contributed by atoms with E-state index in [0.717, 1.165) is 32.8 Å². The quantitative estimate of drug-likeness (QED) is 0.777. The normalized spacial score (nSPS) is 17.0. The van der Waals surface area contributed by atoms with Gasteiger partial charge in [0.15, 0.2) is 6.61 Å². The highest BCUT2D eigenvalue weighted by Crippen LogP contribution is 2.34. The first-order valence-electron chi connectivity index (χ1n) is 11.1. The maximum absolute atomic E-state index is 12.8. The van der Waals surface area contributed by atoms with Crippen molar-refractivity contribution in [3.8, 4) is 5.75 Å². The number of carbonyl (C=O) groups is 2. The van der Waals surface area contributed by atoms with E-state index in [1.807, 2.05) is 36.4 Å². The zero-order valence-corrected chi connectivity index (χ0v) is 19.0. The molecule has 1 N–H and O–H groups in total. The SMILES string of the molecule is CC(C)(C)c1ccc(C(=O)Nc2ccc3c(c2)N(CCN2CCOCC2)C(=O)CO3)cc1. The average Bonchev–Trinajstić information content (AvgIpc) is 2.78. The topological polar surface area (TPSA) is 71.1 Å². The Morgan fingerprint density at radius 2 is 1.75 bits per heavy atom. The summed E-state index contributed by atoms with van der Waals surface area (Å²) in [6, 6.07) is 13.1. The number of amides is 2. The molecule has 0 aliphatic carbocycles. The lowest BCUT2D eigenvalue weighted by Gasteiger charge is -2.33. The molecule has 2 aliphatic rings. The van der Waals surface area contributed by atoms with E-state index < -0.39 is 0 Å². The molecule has 1 fully saturated rings. The molecule has 4 rings (SSSR count). The van der Waals surface area contributed by atoms with Gasteiger partial charge in [-0.25, -0.2) is 0 Å². The van der Waals surface area contributed by atoms with Gasteiger partial charge in [-0.3, -0.25) is 14.5 Å². The van der Waals surface area contributed by atoms with Crippen LogP contribution in [0.2, 0.25) is 0 Å². The summed E-state index contributed by atoms with van der Waals surface area (Å²) < 4.78 is 11.0. The molecule has 0 radical (unpaired) electrons. The summed E-state index contributed by atoms with van der Waals surface area (Å²) in [6.07, 6.45) is 0. The van der Waals surface area contributed by atoms with Crippen LogP contribution in [0.4, 0.5) is 11.4 Å². The van der Waals surface area contributed by atoms with Crippen LogP contribution in [-0.2, 0) is 14.9 Å². The third-order valence-electron chi connectivity index (χ3n) is 5.92. The molecule has 2 aromatic carbocycles. The molecular weight excluding hydrogens is 406 g/mol. The molecule has 7 heteroatoms. The highest BCUT2D eigenvalue weighted by Gasteiger charge is 2.27. The van der Waals surface area contributed by atoms with E-state index in [0.29, 0.717) is 29.2 Å². The van der Waals surface area contributed by atoms with Crippen molar-refractivity contribution in [1.82, 2.24) is 4.90 Å². The van der Waals surface area contributed by atoms with E-state index in [2.05, 4.69) is 31.0 Å². The van der Waals surface area contributed by atoms with Crippen LogP contribution in [0.25, 0.3) is 0 Å². The van der Waals surface area contributed by atoms with Crippen LogP contribution in [0.1, 0.15) is 36.7 Å². The monoisotopic (exact) mass is 437 g/mol. The Balaban J connectivity index is 1.47. The smallest absolute Gasteiger partial charge is 0.265 e. The largest absolute Gasteiger partial charge is 0.482 e. The predicted octanol–water partition coefficient (Wildman–Crippen LogP) is 3.29. The van der Waals surface area contributed by atoms with Gasteiger partial charge in [-0.15, -0.1) is 0 Å². The fraction of sp³-hybridized carbons (Fsp3) is 0.440. The highest BCUT2D eigenvalue weighted by atomic mass is 16.5. The minimum Gasteiger partial charge on any atom is -0.482 e. The lowest BCUT2D eigenvalue weighted by Crippen LogP contribution is -2.45. The molecule has 2 amide bonds. The van der Waals surface area contributed by atoms with E-state index in [-0.39, 0.29) is 23.8 Å². The number of hydrogen-bond acceptors (Lipinski definition) is 5. The lowest BCUT2D eigenvalue weighted by atomic mass is 9.87. The van der Waals surface area contributed by atoms with Crippen molar-refractivity contribution in [1.29, 1.82) is 0 Å². The van der Waals surface area contributed by atoms with Crippen molar-refractivity contribution in [3.05, 3.63) is 53.6 Å². The minimum atomic E-state index is -0.187. The van der Waals surface area contributed by atoms with Gasteiger partial charge < -0.3 is 19.7 Å². The Morgan fingerprint density at radius 1 is 1.03 bits per heavy atom. The van der Waals surface area contributed by atoms with Crippen LogP contribution in [-0.4, -0.2) is 62.7 Å². The second-order valence-electron chi connectivity index (χ2n) is 9.25. The first-order valence-corrected chi connectivity index (χ1v) is 11.1. The van der Waals surface area contributed by atoms with Gasteiger partial charge in [0.05, 0.1) is 18.9 Å². The number of carbonyl (C=O) groups excluding carboxylic acids is 2. The van der Waals surface area contributed by atoms with Crippen LogP contribution in [0.3, 0.4) is 0 Å². The number of benzene rings is 2. The van der Waals surface area contributed by atoms with Crippen molar-refractivity contribution >= 4 is 23.2 Å². The van der Waals surface area contributed by atoms with Gasteiger partial charge in [-0.05, 0) is 41.3 Å². The molecule has 2 aliphatic heterocycles. The van der Waals surface area contributed by atoms with E-state index in [4.69, 9.17) is 9.47 Å². The Hall–Kier alpha value is -2.90. The van der Waals surface area contributed by atoms with Gasteiger partial charge in [0.25, 0.3) is 11.8 Å². The van der Waals surface area contributed by atoms with Crippen LogP contribution in [0, 0.1) is 0 Å². The van der Waals surface area contributed by atoms with Crippen molar-refractivity contribution < 1.29 is 19.1 Å². The van der Waals surface area contributed by atoms with Crippen molar-refractivity contribution in [2.75, 3.05) is 56.2 Å². The zero-order chi connectivity index (χ0) is 22.7. The summed E-state index contributed by atoms with van der Waals surface area (Å²) in [5.74, 6) is 0.388. The van der Waals surface area contributed by atoms with E-state index in [1.54, 1.807) is 11.0 Å². The molecule has 2 heterocycles. The predicted molar refractivity (Wildman–Crippen MR) is 125 cm³/mol. The second kappa shape index (κ2) is 9.30. The number of ether oxygens (including phenoxy) is 2. The Bertz CT molecular complexity index is 976. The minimum absolute atomic E-state index is 0.0297. The molecule has 32 heavy (non-hydrogen) atoms. The fourth-order valence-electron chi connectivity index (χ4n) is 3.92. The molecule has 0 spiro atoms. The van der Waals surface area contributed by atoms with Crippen molar-refractivity contribution in [3.63, 3.8) is 0 Å². The summed E-state index contributed by atoms with van der Waals surface area (Å²) in [7, 11) is 0. The van der Waals surface area contributed by atoms with Crippen LogP contribution in [0.5, 0.6) is 5.75 Å². The molecule has 0 saturated carbocycles. The summed E-state index contributed by atoms with van der Waals surface area (Å²) in [4.78, 5) is 29.4. The van der Waals surface area contributed by atoms with Crippen molar-refractivity contribution in [2.45, 2.75) is 26.2 Å². The number of hydrogen-bond donors (Lipinski definition) is 1. The van der Waals surface area contributed by atoms with Crippen LogP contribution >= 0.6 is 0 Å². The third kappa shape index (κ3) is 5.11.